The fourth-order valence-corrected chi connectivity index (χ4v) is 1.34. The Labute approximate surface area is 113 Å². The van der Waals surface area contributed by atoms with Crippen molar-refractivity contribution in [1.82, 2.24) is 5.32 Å². The van der Waals surface area contributed by atoms with Crippen LogP contribution in [-0.4, -0.2) is 30.0 Å². The van der Waals surface area contributed by atoms with Gasteiger partial charge in [0.2, 0.25) is 0 Å². The summed E-state index contributed by atoms with van der Waals surface area (Å²) in [4.78, 5) is 5.08. The normalized spacial score (nSPS) is 13.2. The number of rotatable bonds is 7. The van der Waals surface area contributed by atoms with Crippen LogP contribution in [0.25, 0.3) is 0 Å². The van der Waals surface area contributed by atoms with Gasteiger partial charge in [-0.3, -0.25) is 0 Å². The van der Waals surface area contributed by atoms with Crippen molar-refractivity contribution in [3.05, 3.63) is 34.9 Å². The molecule has 1 unspecified atom stereocenters. The van der Waals surface area contributed by atoms with Crippen molar-refractivity contribution in [2.75, 3.05) is 6.54 Å². The van der Waals surface area contributed by atoms with Gasteiger partial charge in [0.1, 0.15) is 12.7 Å². The molecule has 0 aliphatic heterocycles. The van der Waals surface area contributed by atoms with Crippen LogP contribution in [0.4, 0.5) is 0 Å². The number of hydrogen-bond acceptors (Lipinski definition) is 4. The average Bonchev–Trinajstić information content (AvgIpc) is 2.34. The topological polar surface area (TPSA) is 53.8 Å². The Morgan fingerprint density at radius 1 is 1.39 bits per heavy atom. The zero-order valence-electron chi connectivity index (χ0n) is 10.6. The molecule has 0 bridgehead atoms. The monoisotopic (exact) mass is 270 g/mol. The molecule has 1 aromatic carbocycles. The van der Waals surface area contributed by atoms with Crippen molar-refractivity contribution in [2.45, 2.75) is 32.6 Å². The summed E-state index contributed by atoms with van der Waals surface area (Å²) in [5.41, 5.74) is 0.978. The molecule has 1 rings (SSSR count). The molecule has 100 valence electrons. The summed E-state index contributed by atoms with van der Waals surface area (Å²) in [5, 5.41) is 17.0. The van der Waals surface area contributed by atoms with Crippen LogP contribution in [-0.2, 0) is 11.4 Å². The number of nitrogens with one attached hydrogen (secondary N) is 1. The summed E-state index contributed by atoms with van der Waals surface area (Å²) < 4.78 is 0. The van der Waals surface area contributed by atoms with E-state index < -0.39 is 6.10 Å². The lowest BCUT2D eigenvalue weighted by molar-refractivity contribution is 0.127. The summed E-state index contributed by atoms with van der Waals surface area (Å²) in [6.07, 6.45) is 0.739. The molecule has 5 heteroatoms. The molecule has 0 radical (unpaired) electrons. The van der Waals surface area contributed by atoms with Crippen LogP contribution in [0, 0.1) is 0 Å². The average molecular weight is 271 g/mol. The molecule has 0 aromatic heterocycles. The van der Waals surface area contributed by atoms with Crippen LogP contribution in [0.1, 0.15) is 19.4 Å². The first-order chi connectivity index (χ1) is 8.58. The van der Waals surface area contributed by atoms with Gasteiger partial charge < -0.3 is 15.3 Å². The lowest BCUT2D eigenvalue weighted by Crippen LogP contribution is -2.32. The highest BCUT2D eigenvalue weighted by molar-refractivity contribution is 6.30. The molecule has 18 heavy (non-hydrogen) atoms. The third kappa shape index (κ3) is 6.59. The second kappa shape index (κ2) is 8.08. The van der Waals surface area contributed by atoms with Gasteiger partial charge >= 0.3 is 0 Å². The lowest BCUT2D eigenvalue weighted by atomic mass is 10.2. The zero-order chi connectivity index (χ0) is 13.4. The molecule has 1 aromatic rings. The Hall–Kier alpha value is -1.10. The quantitative estimate of drug-likeness (QED) is 0.590. The van der Waals surface area contributed by atoms with E-state index in [0.717, 1.165) is 5.56 Å². The van der Waals surface area contributed by atoms with Crippen molar-refractivity contribution in [3.63, 3.8) is 0 Å². The van der Waals surface area contributed by atoms with E-state index in [-0.39, 0.29) is 0 Å². The van der Waals surface area contributed by atoms with E-state index in [4.69, 9.17) is 16.4 Å². The van der Waals surface area contributed by atoms with Gasteiger partial charge in [-0.25, -0.2) is 0 Å². The summed E-state index contributed by atoms with van der Waals surface area (Å²) in [7, 11) is 0. The van der Waals surface area contributed by atoms with E-state index in [1.807, 2.05) is 26.0 Å². The van der Waals surface area contributed by atoms with Gasteiger partial charge in [-0.1, -0.05) is 42.7 Å². The molecular formula is C13H19ClN2O2. The highest BCUT2D eigenvalue weighted by atomic mass is 35.5. The summed E-state index contributed by atoms with van der Waals surface area (Å²) in [6.45, 7) is 4.85. The van der Waals surface area contributed by atoms with Crippen LogP contribution >= 0.6 is 11.6 Å². The molecule has 0 heterocycles. The highest BCUT2D eigenvalue weighted by Gasteiger charge is 2.00. The minimum absolute atomic E-state index is 0.336. The standard InChI is InChI=1S/C13H19ClN2O2/c1-10(2)15-7-13(17)8-16-18-9-11-3-5-12(14)6-4-11/h3-6,8,10,13,15,17H,7,9H2,1-2H3/b16-8-. The van der Waals surface area contributed by atoms with Gasteiger partial charge in [-0.15, -0.1) is 0 Å². The van der Waals surface area contributed by atoms with E-state index in [0.29, 0.717) is 24.2 Å². The van der Waals surface area contributed by atoms with E-state index in [1.54, 1.807) is 12.1 Å². The predicted molar refractivity (Wildman–Crippen MR) is 73.9 cm³/mol. The van der Waals surface area contributed by atoms with Gasteiger partial charge in [0.25, 0.3) is 0 Å². The molecule has 2 N–H and O–H groups in total. The number of aliphatic hydroxyl groups excluding tert-OH is 1. The minimum Gasteiger partial charge on any atom is -0.391 e. The summed E-state index contributed by atoms with van der Waals surface area (Å²) >= 11 is 5.76. The lowest BCUT2D eigenvalue weighted by Gasteiger charge is -2.09. The third-order valence-electron chi connectivity index (χ3n) is 2.19. The van der Waals surface area contributed by atoms with Gasteiger partial charge in [0, 0.05) is 17.6 Å². The Bertz CT molecular complexity index is 366. The van der Waals surface area contributed by atoms with Crippen molar-refractivity contribution >= 4 is 17.8 Å². The van der Waals surface area contributed by atoms with Crippen LogP contribution in [0.15, 0.2) is 29.4 Å². The fourth-order valence-electron chi connectivity index (χ4n) is 1.21. The number of halogens is 1. The molecule has 4 nitrogen and oxygen atoms in total. The maximum Gasteiger partial charge on any atom is 0.142 e. The summed E-state index contributed by atoms with van der Waals surface area (Å²) in [5.74, 6) is 0. The first-order valence-corrected chi connectivity index (χ1v) is 6.27. The molecule has 0 saturated carbocycles. The number of benzene rings is 1. The van der Waals surface area contributed by atoms with Crippen LogP contribution < -0.4 is 5.32 Å². The number of oxime groups is 1. The van der Waals surface area contributed by atoms with Crippen molar-refractivity contribution in [3.8, 4) is 0 Å². The molecule has 0 fully saturated rings. The Morgan fingerprint density at radius 2 is 2.06 bits per heavy atom. The van der Waals surface area contributed by atoms with E-state index in [9.17, 15) is 5.11 Å². The minimum atomic E-state index is -0.641. The largest absolute Gasteiger partial charge is 0.391 e. The SMILES string of the molecule is CC(C)NCC(O)/C=N\OCc1ccc(Cl)cc1. The van der Waals surface area contributed by atoms with Gasteiger partial charge in [-0.2, -0.15) is 0 Å². The second-order valence-electron chi connectivity index (χ2n) is 4.28. The third-order valence-corrected chi connectivity index (χ3v) is 2.44. The second-order valence-corrected chi connectivity index (χ2v) is 4.72. The first-order valence-electron chi connectivity index (χ1n) is 5.89. The van der Waals surface area contributed by atoms with Gasteiger partial charge in [0.05, 0.1) is 6.21 Å². The van der Waals surface area contributed by atoms with E-state index in [1.165, 1.54) is 6.21 Å². The molecule has 0 spiro atoms. The van der Waals surface area contributed by atoms with Crippen LogP contribution in [0.2, 0.25) is 5.02 Å². The van der Waals surface area contributed by atoms with E-state index in [2.05, 4.69) is 10.5 Å². The van der Waals surface area contributed by atoms with Crippen molar-refractivity contribution in [2.24, 2.45) is 5.16 Å². The Kier molecular flexibility index (Phi) is 6.72. The molecule has 0 aliphatic carbocycles. The maximum absolute atomic E-state index is 9.52. The number of nitrogens with zero attached hydrogens (tertiary/aromatic N) is 1. The maximum atomic E-state index is 9.52. The molecule has 0 amide bonds. The van der Waals surface area contributed by atoms with Crippen molar-refractivity contribution < 1.29 is 9.94 Å². The number of hydrogen-bond donors (Lipinski definition) is 2. The van der Waals surface area contributed by atoms with Gasteiger partial charge in [-0.05, 0) is 17.7 Å². The molecule has 0 aliphatic rings. The first kappa shape index (κ1) is 15.0. The summed E-state index contributed by atoms with van der Waals surface area (Å²) in [6, 6.07) is 7.67. The van der Waals surface area contributed by atoms with Crippen LogP contribution in [0.5, 0.6) is 0 Å². The van der Waals surface area contributed by atoms with E-state index >= 15 is 0 Å². The molecule has 1 atom stereocenters. The Balaban J connectivity index is 2.22. The van der Waals surface area contributed by atoms with Gasteiger partial charge in [0.15, 0.2) is 0 Å². The Morgan fingerprint density at radius 3 is 2.67 bits per heavy atom. The molecular weight excluding hydrogens is 252 g/mol. The highest BCUT2D eigenvalue weighted by Crippen LogP contribution is 2.10. The predicted octanol–water partition coefficient (Wildman–Crippen LogP) is 2.20. The fraction of sp³-hybridized carbons (Fsp3) is 0.462. The van der Waals surface area contributed by atoms with Crippen molar-refractivity contribution in [1.29, 1.82) is 0 Å². The smallest absolute Gasteiger partial charge is 0.142 e. The zero-order valence-corrected chi connectivity index (χ0v) is 11.4. The number of aliphatic hydroxyl groups is 1. The molecule has 0 saturated heterocycles. The van der Waals surface area contributed by atoms with Crippen LogP contribution in [0.3, 0.4) is 0 Å².